The van der Waals surface area contributed by atoms with Gasteiger partial charge >= 0.3 is 0 Å². The molecule has 1 unspecified atom stereocenters. The number of rotatable bonds is 7. The number of aryl methyl sites for hydroxylation is 2. The van der Waals surface area contributed by atoms with Gasteiger partial charge < -0.3 is 14.7 Å². The summed E-state index contributed by atoms with van der Waals surface area (Å²) in [6.45, 7) is 6.62. The summed E-state index contributed by atoms with van der Waals surface area (Å²) in [6, 6.07) is 22.2. The van der Waals surface area contributed by atoms with E-state index in [4.69, 9.17) is 4.74 Å². The van der Waals surface area contributed by atoms with Gasteiger partial charge in [0.2, 0.25) is 0 Å². The number of ketones is 1. The van der Waals surface area contributed by atoms with E-state index in [0.29, 0.717) is 30.9 Å². The topological polar surface area (TPSA) is 66.8 Å². The number of Topliss-reactive ketones (excluding diaryl/α,β-unsaturated/α-hetero) is 1. The summed E-state index contributed by atoms with van der Waals surface area (Å²) in [5.41, 5.74) is 4.31. The van der Waals surface area contributed by atoms with Gasteiger partial charge in [0.15, 0.2) is 0 Å². The fraction of sp³-hybridized carbons (Fsp3) is 0.241. The molecule has 0 aliphatic carbocycles. The predicted octanol–water partition coefficient (Wildman–Crippen LogP) is 5.37. The molecule has 1 amide bonds. The number of likely N-dealkylation sites (tertiary alicyclic amines) is 1. The number of nitrogens with zero attached hydrogens (tertiary/aromatic N) is 1. The van der Waals surface area contributed by atoms with Crippen molar-refractivity contribution in [3.63, 3.8) is 0 Å². The number of ether oxygens (including phenoxy) is 1. The van der Waals surface area contributed by atoms with E-state index in [1.54, 1.807) is 4.90 Å². The molecule has 0 radical (unpaired) electrons. The van der Waals surface area contributed by atoms with E-state index < -0.39 is 17.7 Å². The Hall–Kier alpha value is -3.86. The highest BCUT2D eigenvalue weighted by molar-refractivity contribution is 6.46. The first-order valence-corrected chi connectivity index (χ1v) is 11.5. The average Bonchev–Trinajstić information content (AvgIpc) is 3.10. The lowest BCUT2D eigenvalue weighted by Crippen LogP contribution is -2.31. The van der Waals surface area contributed by atoms with Crippen LogP contribution < -0.4 is 4.74 Å². The average molecular weight is 456 g/mol. The Morgan fingerprint density at radius 1 is 0.971 bits per heavy atom. The highest BCUT2D eigenvalue weighted by atomic mass is 16.5. The quantitative estimate of drug-likeness (QED) is 0.296. The number of aliphatic hydroxyl groups is 1. The highest BCUT2D eigenvalue weighted by Crippen LogP contribution is 2.40. The van der Waals surface area contributed by atoms with E-state index in [9.17, 15) is 14.7 Å². The molecule has 1 atom stereocenters. The zero-order valence-corrected chi connectivity index (χ0v) is 19.7. The molecule has 1 aliphatic rings. The van der Waals surface area contributed by atoms with Crippen molar-refractivity contribution in [1.82, 2.24) is 4.90 Å². The third-order valence-corrected chi connectivity index (χ3v) is 6.18. The number of amides is 1. The van der Waals surface area contributed by atoms with Gasteiger partial charge in [0.1, 0.15) is 11.5 Å². The van der Waals surface area contributed by atoms with Gasteiger partial charge in [-0.05, 0) is 62.1 Å². The molecule has 5 nitrogen and oxygen atoms in total. The lowest BCUT2D eigenvalue weighted by atomic mass is 9.93. The van der Waals surface area contributed by atoms with Crippen LogP contribution >= 0.6 is 0 Å². The molecule has 0 saturated carbocycles. The van der Waals surface area contributed by atoms with Crippen LogP contribution in [0.4, 0.5) is 0 Å². The van der Waals surface area contributed by atoms with Crippen molar-refractivity contribution in [2.45, 2.75) is 33.2 Å². The summed E-state index contributed by atoms with van der Waals surface area (Å²) in [5.74, 6) is -0.685. The second kappa shape index (κ2) is 9.96. The van der Waals surface area contributed by atoms with Gasteiger partial charge in [-0.25, -0.2) is 0 Å². The summed E-state index contributed by atoms with van der Waals surface area (Å²) in [5, 5.41) is 11.3. The summed E-state index contributed by atoms with van der Waals surface area (Å²) in [6.07, 6.45) is 0.602. The zero-order valence-electron chi connectivity index (χ0n) is 19.7. The third-order valence-electron chi connectivity index (χ3n) is 6.18. The summed E-state index contributed by atoms with van der Waals surface area (Å²) >= 11 is 0. The number of hydrogen-bond donors (Lipinski definition) is 1. The molecular weight excluding hydrogens is 426 g/mol. The molecule has 3 aromatic carbocycles. The maximum atomic E-state index is 13.3. The standard InChI is InChI=1S/C29H29NO4/c1-4-34-23-14-12-22(13-15-23)26-25(27(31)24-18-19(2)10-11-20(24)3)28(32)29(33)30(26)17-16-21-8-6-5-7-9-21/h5-15,18,26,31H,4,16-17H2,1-3H3/b27-25+. The Labute approximate surface area is 200 Å². The van der Waals surface area contributed by atoms with Crippen molar-refractivity contribution in [3.05, 3.63) is 106 Å². The molecule has 5 heteroatoms. The van der Waals surface area contributed by atoms with Gasteiger partial charge in [0.25, 0.3) is 11.7 Å². The number of carbonyl (C=O) groups excluding carboxylic acids is 2. The molecule has 1 N–H and O–H groups in total. The first-order valence-electron chi connectivity index (χ1n) is 11.5. The smallest absolute Gasteiger partial charge is 0.295 e. The zero-order chi connectivity index (χ0) is 24.2. The Kier molecular flexibility index (Phi) is 6.82. The van der Waals surface area contributed by atoms with Crippen LogP contribution in [0.3, 0.4) is 0 Å². The fourth-order valence-corrected chi connectivity index (χ4v) is 4.40. The second-order valence-electron chi connectivity index (χ2n) is 8.55. The molecule has 1 fully saturated rings. The Morgan fingerprint density at radius 3 is 2.35 bits per heavy atom. The van der Waals surface area contributed by atoms with Crippen molar-refractivity contribution in [2.75, 3.05) is 13.2 Å². The molecular formula is C29H29NO4. The number of hydrogen-bond acceptors (Lipinski definition) is 4. The highest BCUT2D eigenvalue weighted by Gasteiger charge is 2.46. The van der Waals surface area contributed by atoms with Gasteiger partial charge in [-0.3, -0.25) is 9.59 Å². The Morgan fingerprint density at radius 2 is 1.68 bits per heavy atom. The van der Waals surface area contributed by atoms with E-state index in [1.165, 1.54) is 0 Å². The summed E-state index contributed by atoms with van der Waals surface area (Å²) in [7, 11) is 0. The number of carbonyl (C=O) groups is 2. The molecule has 0 spiro atoms. The Bertz CT molecular complexity index is 1230. The predicted molar refractivity (Wildman–Crippen MR) is 133 cm³/mol. The monoisotopic (exact) mass is 455 g/mol. The molecule has 34 heavy (non-hydrogen) atoms. The molecule has 1 aliphatic heterocycles. The molecule has 174 valence electrons. The van der Waals surface area contributed by atoms with Gasteiger partial charge in [-0.15, -0.1) is 0 Å². The minimum Gasteiger partial charge on any atom is -0.507 e. The van der Waals surface area contributed by atoms with Crippen molar-refractivity contribution < 1.29 is 19.4 Å². The van der Waals surface area contributed by atoms with Crippen molar-refractivity contribution in [1.29, 1.82) is 0 Å². The van der Waals surface area contributed by atoms with Gasteiger partial charge in [-0.2, -0.15) is 0 Å². The van der Waals surface area contributed by atoms with Crippen LogP contribution in [0.25, 0.3) is 5.76 Å². The molecule has 0 aromatic heterocycles. The SMILES string of the molecule is CCOc1ccc(C2/C(=C(\O)c3cc(C)ccc3C)C(=O)C(=O)N2CCc2ccccc2)cc1. The Balaban J connectivity index is 1.80. The van der Waals surface area contributed by atoms with Crippen LogP contribution in [0.15, 0.2) is 78.4 Å². The summed E-state index contributed by atoms with van der Waals surface area (Å²) in [4.78, 5) is 28.0. The lowest BCUT2D eigenvalue weighted by Gasteiger charge is -2.25. The van der Waals surface area contributed by atoms with Gasteiger partial charge in [-0.1, -0.05) is 60.2 Å². The van der Waals surface area contributed by atoms with Gasteiger partial charge in [0, 0.05) is 12.1 Å². The number of benzene rings is 3. The van der Waals surface area contributed by atoms with Gasteiger partial charge in [0.05, 0.1) is 18.2 Å². The van der Waals surface area contributed by atoms with Crippen molar-refractivity contribution in [3.8, 4) is 5.75 Å². The maximum absolute atomic E-state index is 13.3. The molecule has 0 bridgehead atoms. The van der Waals surface area contributed by atoms with Crippen molar-refractivity contribution in [2.24, 2.45) is 0 Å². The van der Waals surface area contributed by atoms with E-state index in [1.807, 2.05) is 93.6 Å². The van der Waals surface area contributed by atoms with Crippen LogP contribution in [0.1, 0.15) is 40.8 Å². The molecule has 1 saturated heterocycles. The lowest BCUT2D eigenvalue weighted by molar-refractivity contribution is -0.139. The normalized spacial score (nSPS) is 17.3. The van der Waals surface area contributed by atoms with Crippen LogP contribution in [0.5, 0.6) is 5.75 Å². The van der Waals surface area contributed by atoms with E-state index >= 15 is 0 Å². The second-order valence-corrected chi connectivity index (χ2v) is 8.55. The maximum Gasteiger partial charge on any atom is 0.295 e. The molecule has 1 heterocycles. The third kappa shape index (κ3) is 4.60. The minimum atomic E-state index is -0.681. The van der Waals surface area contributed by atoms with Crippen molar-refractivity contribution >= 4 is 17.4 Å². The van der Waals surface area contributed by atoms with E-state index in [0.717, 1.165) is 22.3 Å². The largest absolute Gasteiger partial charge is 0.507 e. The van der Waals surface area contributed by atoms with Crippen LogP contribution in [0.2, 0.25) is 0 Å². The molecule has 4 rings (SSSR count). The molecule has 3 aromatic rings. The van der Waals surface area contributed by atoms with Crippen LogP contribution in [0, 0.1) is 13.8 Å². The minimum absolute atomic E-state index is 0.121. The van der Waals surface area contributed by atoms with Crippen LogP contribution in [-0.4, -0.2) is 34.8 Å². The number of aliphatic hydroxyl groups excluding tert-OH is 1. The first kappa shape index (κ1) is 23.3. The van der Waals surface area contributed by atoms with E-state index in [2.05, 4.69) is 0 Å². The fourth-order valence-electron chi connectivity index (χ4n) is 4.40. The summed E-state index contributed by atoms with van der Waals surface area (Å²) < 4.78 is 5.56. The first-order chi connectivity index (χ1) is 16.4. The van der Waals surface area contributed by atoms with Crippen LogP contribution in [-0.2, 0) is 16.0 Å². The van der Waals surface area contributed by atoms with E-state index in [-0.39, 0.29) is 11.3 Å².